The minimum absolute atomic E-state index is 0.252. The van der Waals surface area contributed by atoms with Crippen LogP contribution in [0.2, 0.25) is 0 Å². The summed E-state index contributed by atoms with van der Waals surface area (Å²) in [5.41, 5.74) is 0.956. The van der Waals surface area contributed by atoms with Gasteiger partial charge in [-0.15, -0.1) is 0 Å². The second-order valence-electron chi connectivity index (χ2n) is 3.61. The molecule has 1 N–H and O–H groups in total. The number of rotatable bonds is 4. The number of benzene rings is 1. The Morgan fingerprint density at radius 1 is 1.35 bits per heavy atom. The molecule has 0 bridgehead atoms. The van der Waals surface area contributed by atoms with Crippen LogP contribution < -0.4 is 5.32 Å². The van der Waals surface area contributed by atoms with E-state index in [1.54, 1.807) is 0 Å². The van der Waals surface area contributed by atoms with Crippen molar-refractivity contribution in [2.75, 3.05) is 7.11 Å². The lowest BCUT2D eigenvalue weighted by atomic mass is 10.1. The zero-order chi connectivity index (χ0) is 12.8. The molecule has 0 unspecified atom stereocenters. The third-order valence-electron chi connectivity index (χ3n) is 2.22. The molecule has 0 heterocycles. The lowest BCUT2D eigenvalue weighted by Crippen LogP contribution is -2.41. The first-order valence-corrected chi connectivity index (χ1v) is 5.91. The van der Waals surface area contributed by atoms with Gasteiger partial charge in [-0.3, -0.25) is 4.79 Å². The molecule has 4 nitrogen and oxygen atoms in total. The van der Waals surface area contributed by atoms with E-state index in [1.807, 2.05) is 24.3 Å². The average Bonchev–Trinajstić information content (AvgIpc) is 2.29. The summed E-state index contributed by atoms with van der Waals surface area (Å²) in [6, 6.07) is 6.91. The molecule has 0 aromatic heterocycles. The highest BCUT2D eigenvalue weighted by atomic mass is 79.9. The maximum Gasteiger partial charge on any atom is 0.328 e. The van der Waals surface area contributed by atoms with Crippen LogP contribution in [0, 0.1) is 0 Å². The van der Waals surface area contributed by atoms with Gasteiger partial charge in [-0.2, -0.15) is 0 Å². The van der Waals surface area contributed by atoms with E-state index in [1.165, 1.54) is 14.0 Å². The van der Waals surface area contributed by atoms with E-state index in [0.717, 1.165) is 10.0 Å². The monoisotopic (exact) mass is 299 g/mol. The van der Waals surface area contributed by atoms with Gasteiger partial charge >= 0.3 is 5.97 Å². The average molecular weight is 300 g/mol. The fraction of sp³-hybridized carbons (Fsp3) is 0.333. The van der Waals surface area contributed by atoms with Crippen LogP contribution in [0.1, 0.15) is 12.5 Å². The van der Waals surface area contributed by atoms with Crippen LogP contribution >= 0.6 is 15.9 Å². The summed E-state index contributed by atoms with van der Waals surface area (Å²) >= 11 is 3.33. The summed E-state index contributed by atoms with van der Waals surface area (Å²) in [6.45, 7) is 1.37. The van der Waals surface area contributed by atoms with E-state index in [2.05, 4.69) is 26.0 Å². The van der Waals surface area contributed by atoms with Crippen LogP contribution in [0.4, 0.5) is 0 Å². The number of carbonyl (C=O) groups is 2. The van der Waals surface area contributed by atoms with E-state index in [4.69, 9.17) is 0 Å². The Labute approximate surface area is 108 Å². The normalized spacial score (nSPS) is 11.7. The van der Waals surface area contributed by atoms with Crippen LogP contribution in [-0.4, -0.2) is 25.0 Å². The van der Waals surface area contributed by atoms with Gasteiger partial charge in [0.05, 0.1) is 7.11 Å². The van der Waals surface area contributed by atoms with Gasteiger partial charge in [0.2, 0.25) is 5.91 Å². The summed E-state index contributed by atoms with van der Waals surface area (Å²) in [4.78, 5) is 22.5. The maximum atomic E-state index is 11.5. The molecule has 0 aliphatic rings. The highest BCUT2D eigenvalue weighted by Gasteiger charge is 2.20. The topological polar surface area (TPSA) is 55.4 Å². The summed E-state index contributed by atoms with van der Waals surface area (Å²) in [5.74, 6) is -0.694. The lowest BCUT2D eigenvalue weighted by molar-refractivity contribution is -0.144. The van der Waals surface area contributed by atoms with Gasteiger partial charge in [0.15, 0.2) is 0 Å². The van der Waals surface area contributed by atoms with Gasteiger partial charge in [-0.05, 0) is 17.7 Å². The molecule has 92 valence electrons. The van der Waals surface area contributed by atoms with Gasteiger partial charge in [0.25, 0.3) is 0 Å². The minimum atomic E-state index is -0.640. The molecular weight excluding hydrogens is 286 g/mol. The van der Waals surface area contributed by atoms with E-state index >= 15 is 0 Å². The number of amides is 1. The molecule has 1 aromatic rings. The van der Waals surface area contributed by atoms with E-state index in [-0.39, 0.29) is 5.91 Å². The number of carbonyl (C=O) groups excluding carboxylic acids is 2. The molecule has 0 fully saturated rings. The van der Waals surface area contributed by atoms with Crippen molar-refractivity contribution in [3.63, 3.8) is 0 Å². The molecule has 5 heteroatoms. The minimum Gasteiger partial charge on any atom is -0.467 e. The molecule has 0 radical (unpaired) electrons. The summed E-state index contributed by atoms with van der Waals surface area (Å²) in [6.07, 6.45) is 0.416. The third-order valence-corrected chi connectivity index (χ3v) is 2.74. The molecule has 1 aromatic carbocycles. The Kier molecular flexibility index (Phi) is 5.15. The number of methoxy groups -OCH3 is 1. The Hall–Kier alpha value is -1.36. The number of halogens is 1. The van der Waals surface area contributed by atoms with Crippen molar-refractivity contribution in [2.24, 2.45) is 0 Å². The highest BCUT2D eigenvalue weighted by Crippen LogP contribution is 2.12. The fourth-order valence-corrected chi connectivity index (χ4v) is 1.70. The Balaban J connectivity index is 2.75. The second kappa shape index (κ2) is 6.39. The lowest BCUT2D eigenvalue weighted by Gasteiger charge is -2.15. The van der Waals surface area contributed by atoms with Gasteiger partial charge in [0, 0.05) is 17.8 Å². The SMILES string of the molecule is COC(=O)[C@@H](Cc1ccc(Br)cc1)NC(C)=O. The summed E-state index contributed by atoms with van der Waals surface area (Å²) < 4.78 is 5.61. The molecular formula is C12H14BrNO3. The number of nitrogens with one attached hydrogen (secondary N) is 1. The zero-order valence-corrected chi connectivity index (χ0v) is 11.3. The van der Waals surface area contributed by atoms with Crippen LogP contribution in [0.5, 0.6) is 0 Å². The third kappa shape index (κ3) is 4.56. The predicted molar refractivity (Wildman–Crippen MR) is 67.5 cm³/mol. The standard InChI is InChI=1S/C12H14BrNO3/c1-8(15)14-11(12(16)17-2)7-9-3-5-10(13)6-4-9/h3-6,11H,7H2,1-2H3,(H,14,15)/t11-/m1/s1. The van der Waals surface area contributed by atoms with Gasteiger partial charge in [0.1, 0.15) is 6.04 Å². The zero-order valence-electron chi connectivity index (χ0n) is 9.70. The van der Waals surface area contributed by atoms with Crippen molar-refractivity contribution < 1.29 is 14.3 Å². The van der Waals surface area contributed by atoms with Crippen LogP contribution in [0.3, 0.4) is 0 Å². The van der Waals surface area contributed by atoms with E-state index < -0.39 is 12.0 Å². The van der Waals surface area contributed by atoms with Crippen LogP contribution in [0.15, 0.2) is 28.7 Å². The van der Waals surface area contributed by atoms with Gasteiger partial charge in [-0.25, -0.2) is 4.79 Å². The molecule has 0 saturated carbocycles. The Morgan fingerprint density at radius 3 is 2.41 bits per heavy atom. The Morgan fingerprint density at radius 2 is 1.94 bits per heavy atom. The molecule has 1 rings (SSSR count). The molecule has 17 heavy (non-hydrogen) atoms. The van der Waals surface area contributed by atoms with Crippen molar-refractivity contribution in [1.82, 2.24) is 5.32 Å². The summed E-state index contributed by atoms with van der Waals surface area (Å²) in [5, 5.41) is 2.57. The van der Waals surface area contributed by atoms with Gasteiger partial charge in [-0.1, -0.05) is 28.1 Å². The molecule has 1 atom stereocenters. The number of hydrogen-bond acceptors (Lipinski definition) is 3. The van der Waals surface area contributed by atoms with Crippen molar-refractivity contribution >= 4 is 27.8 Å². The second-order valence-corrected chi connectivity index (χ2v) is 4.52. The number of esters is 1. The first-order chi connectivity index (χ1) is 8.02. The fourth-order valence-electron chi connectivity index (χ4n) is 1.44. The van der Waals surface area contributed by atoms with Gasteiger partial charge < -0.3 is 10.1 Å². The number of hydrogen-bond donors (Lipinski definition) is 1. The first-order valence-electron chi connectivity index (χ1n) is 5.12. The predicted octanol–water partition coefficient (Wildman–Crippen LogP) is 1.67. The molecule has 0 saturated heterocycles. The van der Waals surface area contributed by atoms with Crippen LogP contribution in [0.25, 0.3) is 0 Å². The van der Waals surface area contributed by atoms with Crippen molar-refractivity contribution in [1.29, 1.82) is 0 Å². The first kappa shape index (κ1) is 13.7. The molecule has 0 aliphatic carbocycles. The largest absolute Gasteiger partial charge is 0.467 e. The Bertz CT molecular complexity index is 403. The quantitative estimate of drug-likeness (QED) is 0.861. The van der Waals surface area contributed by atoms with Crippen LogP contribution in [-0.2, 0) is 20.7 Å². The van der Waals surface area contributed by atoms with Crippen molar-refractivity contribution in [3.8, 4) is 0 Å². The summed E-state index contributed by atoms with van der Waals surface area (Å²) in [7, 11) is 1.30. The number of ether oxygens (including phenoxy) is 1. The highest BCUT2D eigenvalue weighted by molar-refractivity contribution is 9.10. The smallest absolute Gasteiger partial charge is 0.328 e. The maximum absolute atomic E-state index is 11.5. The molecule has 0 spiro atoms. The molecule has 0 aliphatic heterocycles. The van der Waals surface area contributed by atoms with Crippen molar-refractivity contribution in [2.45, 2.75) is 19.4 Å². The van der Waals surface area contributed by atoms with Crippen molar-refractivity contribution in [3.05, 3.63) is 34.3 Å². The molecule has 1 amide bonds. The van der Waals surface area contributed by atoms with E-state index in [9.17, 15) is 9.59 Å². The van der Waals surface area contributed by atoms with E-state index in [0.29, 0.717) is 6.42 Å².